The van der Waals surface area contributed by atoms with Crippen molar-refractivity contribution in [1.82, 2.24) is 24.4 Å². The van der Waals surface area contributed by atoms with E-state index in [1.54, 1.807) is 15.9 Å². The number of aromatic nitrogens is 3. The summed E-state index contributed by atoms with van der Waals surface area (Å²) < 4.78 is 1.55. The number of aryl methyl sites for hydroxylation is 2. The lowest BCUT2D eigenvalue weighted by Crippen LogP contribution is -2.48. The van der Waals surface area contributed by atoms with Gasteiger partial charge in [-0.1, -0.05) is 11.3 Å². The van der Waals surface area contributed by atoms with Gasteiger partial charge >= 0.3 is 0 Å². The Morgan fingerprint density at radius 3 is 2.58 bits per heavy atom. The second-order valence-electron chi connectivity index (χ2n) is 6.61. The van der Waals surface area contributed by atoms with Crippen LogP contribution in [0.1, 0.15) is 27.2 Å². The zero-order valence-electron chi connectivity index (χ0n) is 14.9. The lowest BCUT2D eigenvalue weighted by molar-refractivity contribution is 0.0953. The first-order valence-corrected chi connectivity index (χ1v) is 10.4. The highest BCUT2D eigenvalue weighted by Crippen LogP contribution is 2.42. The highest BCUT2D eigenvalue weighted by molar-refractivity contribution is 7.17. The minimum Gasteiger partial charge on any atom is -0.492 e. The molecular weight excluding hydrogens is 370 g/mol. The number of thiazole rings is 1. The Hall–Kier alpha value is -1.52. The van der Waals surface area contributed by atoms with Gasteiger partial charge < -0.3 is 10.2 Å². The van der Waals surface area contributed by atoms with Crippen LogP contribution < -0.4 is 0 Å². The molecule has 0 radical (unpaired) electrons. The fourth-order valence-corrected chi connectivity index (χ4v) is 5.82. The molecule has 0 spiro atoms. The van der Waals surface area contributed by atoms with Crippen molar-refractivity contribution in [3.63, 3.8) is 0 Å². The molecule has 0 bridgehead atoms. The van der Waals surface area contributed by atoms with Gasteiger partial charge in [0.05, 0.1) is 17.5 Å². The monoisotopic (exact) mass is 393 g/mol. The van der Waals surface area contributed by atoms with E-state index in [-0.39, 0.29) is 18.5 Å². The molecule has 1 aliphatic heterocycles. The van der Waals surface area contributed by atoms with Gasteiger partial charge in [0.25, 0.3) is 0 Å². The van der Waals surface area contributed by atoms with Gasteiger partial charge in [0, 0.05) is 37.6 Å². The number of rotatable bonds is 5. The van der Waals surface area contributed by atoms with Gasteiger partial charge in [-0.15, -0.1) is 16.4 Å². The predicted octanol–water partition coefficient (Wildman–Crippen LogP) is 1.87. The number of aliphatic hydroxyl groups excluding tert-OH is 1. The number of thiophene rings is 1. The zero-order chi connectivity index (χ0) is 18.3. The molecule has 4 heterocycles. The first-order valence-electron chi connectivity index (χ1n) is 8.74. The lowest BCUT2D eigenvalue weighted by atomic mass is 10.1. The first kappa shape index (κ1) is 17.9. The molecular formula is C17H23N5O2S2. The Bertz CT molecular complexity index is 894. The van der Waals surface area contributed by atoms with Crippen LogP contribution >= 0.6 is 22.7 Å². The van der Waals surface area contributed by atoms with E-state index in [0.29, 0.717) is 5.82 Å². The molecule has 0 saturated carbocycles. The molecule has 0 unspecified atom stereocenters. The van der Waals surface area contributed by atoms with Gasteiger partial charge in [-0.3, -0.25) is 9.80 Å². The summed E-state index contributed by atoms with van der Waals surface area (Å²) in [6.07, 6.45) is 0. The smallest absolute Gasteiger partial charge is 0.230 e. The van der Waals surface area contributed by atoms with Gasteiger partial charge in [0.1, 0.15) is 5.82 Å². The highest BCUT2D eigenvalue weighted by Gasteiger charge is 2.33. The molecule has 26 heavy (non-hydrogen) atoms. The molecule has 140 valence electrons. The van der Waals surface area contributed by atoms with Crippen LogP contribution in [-0.4, -0.2) is 73.9 Å². The van der Waals surface area contributed by atoms with Crippen molar-refractivity contribution >= 4 is 27.6 Å². The van der Waals surface area contributed by atoms with Crippen LogP contribution in [0.5, 0.6) is 5.88 Å². The minimum absolute atomic E-state index is 0.0140. The molecule has 9 heteroatoms. The van der Waals surface area contributed by atoms with Crippen LogP contribution in [0.3, 0.4) is 0 Å². The second-order valence-corrected chi connectivity index (χ2v) is 8.57. The number of fused-ring (bicyclic) bond motifs is 1. The molecule has 2 N–H and O–H groups in total. The Kier molecular flexibility index (Phi) is 4.98. The fourth-order valence-electron chi connectivity index (χ4n) is 3.53. The third-order valence-electron chi connectivity index (χ3n) is 4.89. The number of hydrogen-bond acceptors (Lipinski definition) is 8. The normalized spacial score (nSPS) is 18.0. The number of piperazine rings is 1. The molecule has 7 nitrogen and oxygen atoms in total. The van der Waals surface area contributed by atoms with Gasteiger partial charge in [0.2, 0.25) is 10.8 Å². The highest BCUT2D eigenvalue weighted by atomic mass is 32.1. The molecule has 1 fully saturated rings. The molecule has 1 aliphatic rings. The van der Waals surface area contributed by atoms with Crippen LogP contribution in [0, 0.1) is 13.8 Å². The van der Waals surface area contributed by atoms with E-state index in [0.717, 1.165) is 42.6 Å². The van der Waals surface area contributed by atoms with Crippen molar-refractivity contribution in [2.24, 2.45) is 0 Å². The Morgan fingerprint density at radius 1 is 1.19 bits per heavy atom. The van der Waals surface area contributed by atoms with Crippen LogP contribution in [0.4, 0.5) is 0 Å². The summed E-state index contributed by atoms with van der Waals surface area (Å²) in [6, 6.07) is 2.15. The predicted molar refractivity (Wildman–Crippen MR) is 103 cm³/mol. The molecule has 3 aromatic rings. The van der Waals surface area contributed by atoms with Crippen molar-refractivity contribution in [2.75, 3.05) is 39.3 Å². The number of nitrogens with zero attached hydrogens (tertiary/aromatic N) is 5. The van der Waals surface area contributed by atoms with E-state index in [1.807, 2.05) is 6.92 Å². The van der Waals surface area contributed by atoms with E-state index in [9.17, 15) is 10.2 Å². The molecule has 0 amide bonds. The standard InChI is InChI=1S/C17H23N5O2S2/c1-11-3-10-25-14(11)13(21-6-4-20(5-7-21)8-9-23)15-16(24)22-17(26-15)18-12(2)19-22/h3,10,13,23-24H,4-9H2,1-2H3/t13-/m1/s1. The van der Waals surface area contributed by atoms with E-state index in [4.69, 9.17) is 0 Å². The van der Waals surface area contributed by atoms with Crippen molar-refractivity contribution in [2.45, 2.75) is 19.9 Å². The van der Waals surface area contributed by atoms with Gasteiger partial charge in [-0.2, -0.15) is 4.52 Å². The average Bonchev–Trinajstić information content (AvgIpc) is 3.28. The number of hydrogen-bond donors (Lipinski definition) is 2. The Morgan fingerprint density at radius 2 is 1.96 bits per heavy atom. The minimum atomic E-state index is 0.0140. The van der Waals surface area contributed by atoms with Crippen LogP contribution in [0.15, 0.2) is 11.4 Å². The first-order chi connectivity index (χ1) is 12.6. The third kappa shape index (κ3) is 3.14. The van der Waals surface area contributed by atoms with Crippen molar-refractivity contribution < 1.29 is 10.2 Å². The lowest BCUT2D eigenvalue weighted by Gasteiger charge is -2.38. The van der Waals surface area contributed by atoms with Crippen molar-refractivity contribution in [3.05, 3.63) is 32.6 Å². The van der Waals surface area contributed by atoms with Crippen LogP contribution in [-0.2, 0) is 0 Å². The summed E-state index contributed by atoms with van der Waals surface area (Å²) in [6.45, 7) is 8.50. The van der Waals surface area contributed by atoms with E-state index >= 15 is 0 Å². The Balaban J connectivity index is 1.71. The summed E-state index contributed by atoms with van der Waals surface area (Å²) in [7, 11) is 0. The summed E-state index contributed by atoms with van der Waals surface area (Å²) >= 11 is 3.25. The van der Waals surface area contributed by atoms with Gasteiger partial charge in [0.15, 0.2) is 0 Å². The quantitative estimate of drug-likeness (QED) is 0.689. The molecule has 4 rings (SSSR count). The molecule has 0 aliphatic carbocycles. The number of aromatic hydroxyl groups is 1. The molecule has 1 atom stereocenters. The summed E-state index contributed by atoms with van der Waals surface area (Å²) in [4.78, 5) is 12.0. The van der Waals surface area contributed by atoms with Gasteiger partial charge in [-0.05, 0) is 30.9 Å². The third-order valence-corrected chi connectivity index (χ3v) is 7.04. The maximum atomic E-state index is 10.8. The maximum absolute atomic E-state index is 10.8. The van der Waals surface area contributed by atoms with Crippen LogP contribution in [0.2, 0.25) is 0 Å². The number of β-amino-alcohol motifs (C(OH)–C–C–N with tert-alkyl or cyclic N) is 1. The SMILES string of the molecule is Cc1nc2sc([C@@H](c3sccc3C)N3CCN(CCO)CC3)c(O)n2n1. The summed E-state index contributed by atoms with van der Waals surface area (Å²) in [5.41, 5.74) is 1.24. The molecule has 3 aromatic heterocycles. The topological polar surface area (TPSA) is 77.1 Å². The van der Waals surface area contributed by atoms with Crippen molar-refractivity contribution in [1.29, 1.82) is 0 Å². The summed E-state index contributed by atoms with van der Waals surface area (Å²) in [5.74, 6) is 0.862. The van der Waals surface area contributed by atoms with E-state index in [1.165, 1.54) is 21.8 Å². The van der Waals surface area contributed by atoms with Crippen LogP contribution in [0.25, 0.3) is 4.96 Å². The number of aliphatic hydroxyl groups is 1. The largest absolute Gasteiger partial charge is 0.492 e. The fraction of sp³-hybridized carbons (Fsp3) is 0.529. The second kappa shape index (κ2) is 7.24. The Labute approximate surface area is 160 Å². The van der Waals surface area contributed by atoms with Crippen molar-refractivity contribution in [3.8, 4) is 5.88 Å². The van der Waals surface area contributed by atoms with E-state index in [2.05, 4.69) is 38.3 Å². The summed E-state index contributed by atoms with van der Waals surface area (Å²) in [5, 5.41) is 26.4. The average molecular weight is 394 g/mol. The van der Waals surface area contributed by atoms with E-state index < -0.39 is 0 Å². The van der Waals surface area contributed by atoms with Gasteiger partial charge in [-0.25, -0.2) is 4.98 Å². The molecule has 0 aromatic carbocycles. The maximum Gasteiger partial charge on any atom is 0.230 e. The molecule has 1 saturated heterocycles. The zero-order valence-corrected chi connectivity index (χ0v) is 16.6.